The maximum atomic E-state index is 12.9. The maximum Gasteiger partial charge on any atom is 0.306 e. The van der Waals surface area contributed by atoms with Gasteiger partial charge in [-0.25, -0.2) is 0 Å². The first-order chi connectivity index (χ1) is 36.0. The molecule has 0 N–H and O–H groups in total. The van der Waals surface area contributed by atoms with E-state index in [4.69, 9.17) is 14.2 Å². The molecule has 0 saturated heterocycles. The second-order valence-electron chi connectivity index (χ2n) is 19.5. The van der Waals surface area contributed by atoms with Gasteiger partial charge in [-0.3, -0.25) is 14.4 Å². The van der Waals surface area contributed by atoms with Gasteiger partial charge >= 0.3 is 17.9 Å². The Bertz CT molecular complexity index is 1540. The van der Waals surface area contributed by atoms with Crippen molar-refractivity contribution in [2.45, 2.75) is 271 Å². The van der Waals surface area contributed by atoms with Gasteiger partial charge in [0.15, 0.2) is 6.10 Å². The molecular weight excluding hydrogens is 901 g/mol. The Morgan fingerprint density at radius 1 is 0.288 bits per heavy atom. The van der Waals surface area contributed by atoms with Crippen LogP contribution in [0.15, 0.2) is 122 Å². The Hall–Kier alpha value is -4.19. The standard InChI is InChI=1S/C67H110O6/c1-4-7-10-13-16-19-22-25-28-31-33-34-35-37-39-42-45-48-51-54-57-60-66(69)72-63-64(62-71-65(68)59-56-53-50-47-44-41-38-30-27-24-21-18-15-12-9-6-3)73-67(70)61-58-55-52-49-46-43-40-36-32-29-26-23-20-17-14-11-8-5-2/h7,10,16,19-21,23-25,28-30,32-34,37-39,45,48,64H,4-6,8-9,11-15,17-18,22,26-27,31,35-36,40-44,46-47,49-63H2,1-3H3/b10-7-,19-16-,23-20-,24-21-,28-25-,32-29-,34-33-,38-30-,39-37-,48-45-. The quantitative estimate of drug-likeness (QED) is 0.0261. The van der Waals surface area contributed by atoms with Crippen LogP contribution < -0.4 is 0 Å². The number of hydrogen-bond donors (Lipinski definition) is 0. The minimum absolute atomic E-state index is 0.105. The topological polar surface area (TPSA) is 78.9 Å². The Morgan fingerprint density at radius 3 is 0.863 bits per heavy atom. The zero-order valence-electron chi connectivity index (χ0n) is 47.4. The molecule has 0 heterocycles. The van der Waals surface area contributed by atoms with Gasteiger partial charge in [0.05, 0.1) is 0 Å². The highest BCUT2D eigenvalue weighted by atomic mass is 16.6. The normalized spacial score (nSPS) is 13.0. The van der Waals surface area contributed by atoms with E-state index < -0.39 is 6.10 Å². The molecule has 1 atom stereocenters. The van der Waals surface area contributed by atoms with Gasteiger partial charge in [-0.15, -0.1) is 0 Å². The molecule has 6 nitrogen and oxygen atoms in total. The van der Waals surface area contributed by atoms with Crippen molar-refractivity contribution in [3.05, 3.63) is 122 Å². The summed E-state index contributed by atoms with van der Waals surface area (Å²) in [5, 5.41) is 0. The Labute approximate surface area is 450 Å². The monoisotopic (exact) mass is 1010 g/mol. The summed E-state index contributed by atoms with van der Waals surface area (Å²) in [6.45, 7) is 6.44. The summed E-state index contributed by atoms with van der Waals surface area (Å²) >= 11 is 0. The van der Waals surface area contributed by atoms with Crippen LogP contribution in [0.4, 0.5) is 0 Å². The molecular formula is C67H110O6. The minimum Gasteiger partial charge on any atom is -0.462 e. The summed E-state index contributed by atoms with van der Waals surface area (Å²) in [6.07, 6.45) is 83.3. The lowest BCUT2D eigenvalue weighted by Crippen LogP contribution is -2.30. The van der Waals surface area contributed by atoms with Crippen molar-refractivity contribution >= 4 is 17.9 Å². The first kappa shape index (κ1) is 68.8. The van der Waals surface area contributed by atoms with Gasteiger partial charge in [0, 0.05) is 19.3 Å². The molecule has 0 aliphatic heterocycles. The van der Waals surface area contributed by atoms with E-state index in [0.29, 0.717) is 25.7 Å². The van der Waals surface area contributed by atoms with Gasteiger partial charge in [0.2, 0.25) is 0 Å². The highest BCUT2D eigenvalue weighted by Crippen LogP contribution is 2.14. The molecule has 1 unspecified atom stereocenters. The van der Waals surface area contributed by atoms with E-state index in [0.717, 1.165) is 128 Å². The fourth-order valence-corrected chi connectivity index (χ4v) is 7.92. The second kappa shape index (κ2) is 60.4. The predicted octanol–water partition coefficient (Wildman–Crippen LogP) is 20.4. The van der Waals surface area contributed by atoms with Gasteiger partial charge in [-0.2, -0.15) is 0 Å². The molecule has 0 bridgehead atoms. The molecule has 0 spiro atoms. The zero-order chi connectivity index (χ0) is 52.9. The van der Waals surface area contributed by atoms with E-state index in [9.17, 15) is 14.4 Å². The lowest BCUT2D eigenvalue weighted by molar-refractivity contribution is -0.167. The van der Waals surface area contributed by atoms with Crippen LogP contribution in [0, 0.1) is 0 Å². The predicted molar refractivity (Wildman–Crippen MR) is 316 cm³/mol. The van der Waals surface area contributed by atoms with Crippen molar-refractivity contribution in [3.63, 3.8) is 0 Å². The smallest absolute Gasteiger partial charge is 0.306 e. The molecule has 6 heteroatoms. The molecule has 0 aliphatic rings. The molecule has 0 aromatic heterocycles. The largest absolute Gasteiger partial charge is 0.462 e. The number of allylic oxidation sites excluding steroid dienone is 20. The van der Waals surface area contributed by atoms with Crippen molar-refractivity contribution < 1.29 is 28.6 Å². The SMILES string of the molecule is CC/C=C\C/C=C\C/C=C\C/C=C\C/C=C\C/C=C\CCCCC(=O)OCC(COC(=O)CCCCCCC/C=C\C/C=C\CCCCCC)OC(=O)CCCCCCCCC/C=C\C/C=C\CCCCCC. The van der Waals surface area contributed by atoms with Crippen LogP contribution >= 0.6 is 0 Å². The average Bonchev–Trinajstić information content (AvgIpc) is 3.39. The Kier molecular flexibility index (Phi) is 56.9. The lowest BCUT2D eigenvalue weighted by Gasteiger charge is -2.18. The van der Waals surface area contributed by atoms with Crippen LogP contribution in [0.1, 0.15) is 265 Å². The van der Waals surface area contributed by atoms with E-state index in [1.807, 2.05) is 0 Å². The van der Waals surface area contributed by atoms with Crippen molar-refractivity contribution in [1.82, 2.24) is 0 Å². The summed E-state index contributed by atoms with van der Waals surface area (Å²) in [5.41, 5.74) is 0. The van der Waals surface area contributed by atoms with Crippen LogP contribution in [-0.2, 0) is 28.6 Å². The molecule has 73 heavy (non-hydrogen) atoms. The lowest BCUT2D eigenvalue weighted by atomic mass is 10.1. The van der Waals surface area contributed by atoms with Crippen LogP contribution in [0.2, 0.25) is 0 Å². The number of carbonyl (C=O) groups excluding carboxylic acids is 3. The Morgan fingerprint density at radius 2 is 0.534 bits per heavy atom. The summed E-state index contributed by atoms with van der Waals surface area (Å²) in [7, 11) is 0. The number of rotatable bonds is 53. The van der Waals surface area contributed by atoms with E-state index in [1.165, 1.54) is 89.9 Å². The summed E-state index contributed by atoms with van der Waals surface area (Å²) < 4.78 is 16.8. The van der Waals surface area contributed by atoms with Gasteiger partial charge in [0.25, 0.3) is 0 Å². The fraction of sp³-hybridized carbons (Fsp3) is 0.657. The van der Waals surface area contributed by atoms with Gasteiger partial charge in [0.1, 0.15) is 13.2 Å². The van der Waals surface area contributed by atoms with Crippen molar-refractivity contribution in [2.24, 2.45) is 0 Å². The summed E-state index contributed by atoms with van der Waals surface area (Å²) in [4.78, 5) is 38.2. The van der Waals surface area contributed by atoms with Gasteiger partial charge < -0.3 is 14.2 Å². The molecule has 0 aliphatic carbocycles. The molecule has 414 valence electrons. The van der Waals surface area contributed by atoms with Crippen molar-refractivity contribution in [1.29, 1.82) is 0 Å². The second-order valence-corrected chi connectivity index (χ2v) is 19.5. The van der Waals surface area contributed by atoms with E-state index in [-0.39, 0.29) is 31.1 Å². The third kappa shape index (κ3) is 58.6. The molecule has 0 radical (unpaired) electrons. The highest BCUT2D eigenvalue weighted by Gasteiger charge is 2.19. The fourth-order valence-electron chi connectivity index (χ4n) is 7.92. The highest BCUT2D eigenvalue weighted by molar-refractivity contribution is 5.71. The third-order valence-electron chi connectivity index (χ3n) is 12.4. The molecule has 0 rings (SSSR count). The number of esters is 3. The summed E-state index contributed by atoms with van der Waals surface area (Å²) in [6, 6.07) is 0. The average molecular weight is 1010 g/mol. The number of unbranched alkanes of at least 4 members (excludes halogenated alkanes) is 22. The van der Waals surface area contributed by atoms with Crippen LogP contribution in [0.5, 0.6) is 0 Å². The number of ether oxygens (including phenoxy) is 3. The van der Waals surface area contributed by atoms with E-state index >= 15 is 0 Å². The molecule has 0 aromatic rings. The summed E-state index contributed by atoms with van der Waals surface area (Å²) in [5.74, 6) is -0.970. The maximum absolute atomic E-state index is 12.9. The minimum atomic E-state index is -0.811. The zero-order valence-corrected chi connectivity index (χ0v) is 47.4. The third-order valence-corrected chi connectivity index (χ3v) is 12.4. The van der Waals surface area contributed by atoms with E-state index in [2.05, 4.69) is 142 Å². The van der Waals surface area contributed by atoms with Gasteiger partial charge in [-0.1, -0.05) is 232 Å². The van der Waals surface area contributed by atoms with Gasteiger partial charge in [-0.05, 0) is 135 Å². The molecule has 0 aromatic carbocycles. The van der Waals surface area contributed by atoms with Crippen LogP contribution in [-0.4, -0.2) is 37.2 Å². The number of hydrogen-bond acceptors (Lipinski definition) is 6. The van der Waals surface area contributed by atoms with Crippen LogP contribution in [0.3, 0.4) is 0 Å². The first-order valence-corrected chi connectivity index (χ1v) is 30.0. The van der Waals surface area contributed by atoms with E-state index in [1.54, 1.807) is 0 Å². The first-order valence-electron chi connectivity index (χ1n) is 30.0. The Balaban J connectivity index is 4.52. The molecule has 0 fully saturated rings. The number of carbonyl (C=O) groups is 3. The van der Waals surface area contributed by atoms with Crippen molar-refractivity contribution in [3.8, 4) is 0 Å². The molecule has 0 amide bonds. The van der Waals surface area contributed by atoms with Crippen LogP contribution in [0.25, 0.3) is 0 Å². The molecule has 0 saturated carbocycles. The van der Waals surface area contributed by atoms with Crippen molar-refractivity contribution in [2.75, 3.05) is 13.2 Å².